The largest absolute Gasteiger partial charge is 0.319 e. The molecule has 32 heavy (non-hydrogen) atoms. The van der Waals surface area contributed by atoms with Gasteiger partial charge in [0.2, 0.25) is 0 Å². The molecular formula is C23H17FN4O3S. The van der Waals surface area contributed by atoms with Gasteiger partial charge in [0, 0.05) is 16.8 Å². The number of amides is 1. The van der Waals surface area contributed by atoms with Gasteiger partial charge in [-0.05, 0) is 48.5 Å². The van der Waals surface area contributed by atoms with E-state index in [9.17, 15) is 17.6 Å². The summed E-state index contributed by atoms with van der Waals surface area (Å²) >= 11 is 0. The molecule has 7 nitrogen and oxygen atoms in total. The molecule has 0 bridgehead atoms. The molecule has 0 aliphatic carbocycles. The summed E-state index contributed by atoms with van der Waals surface area (Å²) < 4.78 is 40.2. The van der Waals surface area contributed by atoms with E-state index >= 15 is 0 Å². The van der Waals surface area contributed by atoms with E-state index in [1.54, 1.807) is 0 Å². The summed E-state index contributed by atoms with van der Waals surface area (Å²) in [5, 5.41) is 2.70. The second-order valence-corrected chi connectivity index (χ2v) is 8.43. The lowest BCUT2D eigenvalue weighted by Crippen LogP contribution is -2.14. The highest BCUT2D eigenvalue weighted by Gasteiger charge is 2.15. The van der Waals surface area contributed by atoms with Gasteiger partial charge in [-0.2, -0.15) is 0 Å². The topological polar surface area (TPSA) is 101 Å². The van der Waals surface area contributed by atoms with Gasteiger partial charge in [0.05, 0.1) is 23.0 Å². The number of rotatable bonds is 6. The SMILES string of the molecule is O=C(Nc1cnc(-c2ccccc2)nc1)c1ccc(NS(=O)(=O)c2ccc(F)cc2)cc1. The molecule has 4 aromatic rings. The maximum atomic E-state index is 13.0. The van der Waals surface area contributed by atoms with Crippen LogP contribution in [0.5, 0.6) is 0 Å². The van der Waals surface area contributed by atoms with Crippen LogP contribution in [0.25, 0.3) is 11.4 Å². The van der Waals surface area contributed by atoms with Gasteiger partial charge in [0.25, 0.3) is 15.9 Å². The Morgan fingerprint density at radius 3 is 2.03 bits per heavy atom. The van der Waals surface area contributed by atoms with E-state index in [0.29, 0.717) is 17.1 Å². The summed E-state index contributed by atoms with van der Waals surface area (Å²) in [6.07, 6.45) is 3.02. The van der Waals surface area contributed by atoms with E-state index in [-0.39, 0.29) is 10.6 Å². The molecule has 0 aliphatic heterocycles. The predicted molar refractivity (Wildman–Crippen MR) is 119 cm³/mol. The summed E-state index contributed by atoms with van der Waals surface area (Å²) in [4.78, 5) is 20.9. The van der Waals surface area contributed by atoms with Crippen LogP contribution in [0.15, 0.2) is 96.2 Å². The maximum Gasteiger partial charge on any atom is 0.261 e. The fraction of sp³-hybridized carbons (Fsp3) is 0. The van der Waals surface area contributed by atoms with Crippen LogP contribution in [0.4, 0.5) is 15.8 Å². The lowest BCUT2D eigenvalue weighted by atomic mass is 10.2. The average molecular weight is 448 g/mol. The number of hydrogen-bond donors (Lipinski definition) is 2. The van der Waals surface area contributed by atoms with Crippen LogP contribution in [-0.4, -0.2) is 24.3 Å². The van der Waals surface area contributed by atoms with Crippen LogP contribution < -0.4 is 10.0 Å². The molecule has 0 aliphatic rings. The number of aromatic nitrogens is 2. The van der Waals surface area contributed by atoms with E-state index in [4.69, 9.17) is 0 Å². The molecule has 0 unspecified atom stereocenters. The zero-order valence-corrected chi connectivity index (χ0v) is 17.4. The van der Waals surface area contributed by atoms with Gasteiger partial charge in [0.15, 0.2) is 5.82 Å². The third kappa shape index (κ3) is 4.96. The van der Waals surface area contributed by atoms with Crippen LogP contribution in [0.1, 0.15) is 10.4 Å². The van der Waals surface area contributed by atoms with Crippen LogP contribution in [0.2, 0.25) is 0 Å². The first-order valence-corrected chi connectivity index (χ1v) is 11.0. The highest BCUT2D eigenvalue weighted by molar-refractivity contribution is 7.92. The molecule has 9 heteroatoms. The van der Waals surface area contributed by atoms with Gasteiger partial charge in [-0.3, -0.25) is 9.52 Å². The molecule has 4 rings (SSSR count). The Bertz CT molecular complexity index is 1330. The van der Waals surface area contributed by atoms with Gasteiger partial charge in [-0.25, -0.2) is 22.8 Å². The molecule has 1 amide bonds. The maximum absolute atomic E-state index is 13.0. The molecule has 0 radical (unpaired) electrons. The Hall–Kier alpha value is -4.11. The smallest absolute Gasteiger partial charge is 0.261 e. The van der Waals surface area contributed by atoms with Gasteiger partial charge in [0.1, 0.15) is 5.82 Å². The molecule has 1 heterocycles. The van der Waals surface area contributed by atoms with Crippen molar-refractivity contribution in [3.8, 4) is 11.4 Å². The fourth-order valence-corrected chi connectivity index (χ4v) is 3.91. The summed E-state index contributed by atoms with van der Waals surface area (Å²) in [5.41, 5.74) is 1.88. The number of anilines is 2. The van der Waals surface area contributed by atoms with Crippen molar-refractivity contribution in [1.82, 2.24) is 9.97 Å². The fourth-order valence-electron chi connectivity index (χ4n) is 2.85. The molecular weight excluding hydrogens is 431 g/mol. The summed E-state index contributed by atoms with van der Waals surface area (Å²) in [7, 11) is -3.87. The highest BCUT2D eigenvalue weighted by atomic mass is 32.2. The number of hydrogen-bond acceptors (Lipinski definition) is 5. The van der Waals surface area contributed by atoms with E-state index in [1.165, 1.54) is 48.8 Å². The first-order chi connectivity index (χ1) is 15.4. The van der Waals surface area contributed by atoms with Crippen molar-refractivity contribution in [3.63, 3.8) is 0 Å². The lowest BCUT2D eigenvalue weighted by Gasteiger charge is -2.09. The van der Waals surface area contributed by atoms with Gasteiger partial charge in [-0.1, -0.05) is 30.3 Å². The van der Waals surface area contributed by atoms with Gasteiger partial charge in [-0.15, -0.1) is 0 Å². The minimum atomic E-state index is -3.87. The van der Waals surface area contributed by atoms with Crippen LogP contribution >= 0.6 is 0 Å². The predicted octanol–water partition coefficient (Wildman–Crippen LogP) is 4.34. The van der Waals surface area contributed by atoms with Crippen LogP contribution in [-0.2, 0) is 10.0 Å². The highest BCUT2D eigenvalue weighted by Crippen LogP contribution is 2.18. The number of carbonyl (C=O) groups excluding carboxylic acids is 1. The molecule has 0 fully saturated rings. The van der Waals surface area contributed by atoms with E-state index < -0.39 is 21.7 Å². The van der Waals surface area contributed by atoms with Crippen molar-refractivity contribution in [3.05, 3.63) is 103 Å². The molecule has 0 saturated heterocycles. The zero-order valence-electron chi connectivity index (χ0n) is 16.6. The number of benzene rings is 3. The third-order valence-corrected chi connectivity index (χ3v) is 5.86. The second kappa shape index (κ2) is 8.94. The normalized spacial score (nSPS) is 11.0. The average Bonchev–Trinajstić information content (AvgIpc) is 2.80. The van der Waals surface area contributed by atoms with E-state index in [2.05, 4.69) is 20.0 Å². The Balaban J connectivity index is 1.41. The van der Waals surface area contributed by atoms with E-state index in [1.807, 2.05) is 30.3 Å². The van der Waals surface area contributed by atoms with E-state index in [0.717, 1.165) is 17.7 Å². The number of halogens is 1. The monoisotopic (exact) mass is 448 g/mol. The molecule has 160 valence electrons. The molecule has 3 aromatic carbocycles. The number of nitrogens with one attached hydrogen (secondary N) is 2. The second-order valence-electron chi connectivity index (χ2n) is 6.75. The Labute approximate surface area is 184 Å². The van der Waals surface area contributed by atoms with Crippen molar-refractivity contribution in [1.29, 1.82) is 0 Å². The Morgan fingerprint density at radius 1 is 0.781 bits per heavy atom. The number of carbonyl (C=O) groups is 1. The minimum Gasteiger partial charge on any atom is -0.319 e. The summed E-state index contributed by atoms with van der Waals surface area (Å²) in [5.74, 6) is -0.380. The molecule has 0 atom stereocenters. The van der Waals surface area contributed by atoms with Crippen molar-refractivity contribution in [2.24, 2.45) is 0 Å². The first-order valence-electron chi connectivity index (χ1n) is 9.48. The lowest BCUT2D eigenvalue weighted by molar-refractivity contribution is 0.102. The zero-order chi connectivity index (χ0) is 22.6. The molecule has 0 spiro atoms. The molecule has 1 aromatic heterocycles. The Kier molecular flexibility index (Phi) is 5.91. The van der Waals surface area contributed by atoms with Crippen molar-refractivity contribution < 1.29 is 17.6 Å². The van der Waals surface area contributed by atoms with Gasteiger partial charge >= 0.3 is 0 Å². The number of sulfonamides is 1. The minimum absolute atomic E-state index is 0.0698. The number of nitrogens with zero attached hydrogens (tertiary/aromatic N) is 2. The Morgan fingerprint density at radius 2 is 1.41 bits per heavy atom. The summed E-state index contributed by atoms with van der Waals surface area (Å²) in [6.45, 7) is 0. The van der Waals surface area contributed by atoms with Crippen LogP contribution in [0.3, 0.4) is 0 Å². The summed E-state index contributed by atoms with van der Waals surface area (Å²) in [6, 6.07) is 19.8. The van der Waals surface area contributed by atoms with Crippen molar-refractivity contribution in [2.75, 3.05) is 10.0 Å². The standard InChI is InChI=1S/C23H17FN4O3S/c24-18-8-12-21(13-9-18)32(30,31)28-19-10-6-17(7-11-19)23(29)27-20-14-25-22(26-15-20)16-4-2-1-3-5-16/h1-15,28H,(H,27,29). The first kappa shape index (κ1) is 21.1. The van der Waals surface area contributed by atoms with Crippen LogP contribution in [0, 0.1) is 5.82 Å². The van der Waals surface area contributed by atoms with Gasteiger partial charge < -0.3 is 5.32 Å². The third-order valence-electron chi connectivity index (χ3n) is 4.46. The van der Waals surface area contributed by atoms with Crippen molar-refractivity contribution >= 4 is 27.3 Å². The quantitative estimate of drug-likeness (QED) is 0.457. The molecule has 0 saturated carbocycles. The van der Waals surface area contributed by atoms with Crippen molar-refractivity contribution in [2.45, 2.75) is 4.90 Å². The molecule has 2 N–H and O–H groups in total.